The second-order valence-electron chi connectivity index (χ2n) is 4.35. The molecule has 0 aromatic carbocycles. The van der Waals surface area contributed by atoms with Gasteiger partial charge in [-0.1, -0.05) is 0 Å². The quantitative estimate of drug-likeness (QED) is 0.862. The van der Waals surface area contributed by atoms with Crippen molar-refractivity contribution in [1.82, 2.24) is 9.88 Å². The first-order valence-electron chi connectivity index (χ1n) is 5.39. The number of amides is 1. The van der Waals surface area contributed by atoms with Crippen molar-refractivity contribution in [3.8, 4) is 0 Å². The van der Waals surface area contributed by atoms with E-state index in [9.17, 15) is 9.90 Å². The van der Waals surface area contributed by atoms with Gasteiger partial charge in [-0.15, -0.1) is 0 Å². The molecule has 1 atom stereocenters. The smallest absolute Gasteiger partial charge is 0.268 e. The first-order valence-corrected chi connectivity index (χ1v) is 6.19. The van der Waals surface area contributed by atoms with Gasteiger partial charge in [0.1, 0.15) is 5.69 Å². The van der Waals surface area contributed by atoms with E-state index in [0.717, 1.165) is 4.47 Å². The molecule has 1 aromatic heterocycles. The van der Waals surface area contributed by atoms with Gasteiger partial charge in [0.05, 0.1) is 18.8 Å². The summed E-state index contributed by atoms with van der Waals surface area (Å²) in [5.74, 6) is -0.197. The molecule has 1 unspecified atom stereocenters. The van der Waals surface area contributed by atoms with Crippen LogP contribution in [0.4, 0.5) is 0 Å². The van der Waals surface area contributed by atoms with Gasteiger partial charge in [0.25, 0.3) is 5.91 Å². The van der Waals surface area contributed by atoms with Crippen LogP contribution >= 0.6 is 15.9 Å². The minimum Gasteiger partial charge on any atom is -0.394 e. The monoisotopic (exact) mass is 302 g/mol. The zero-order valence-corrected chi connectivity index (χ0v) is 11.2. The third-order valence-corrected chi connectivity index (χ3v) is 3.42. The molecule has 2 N–H and O–H groups in total. The van der Waals surface area contributed by atoms with E-state index in [2.05, 4.69) is 21.2 Å². The lowest BCUT2D eigenvalue weighted by Crippen LogP contribution is -2.52. The van der Waals surface area contributed by atoms with Crippen LogP contribution in [0.1, 0.15) is 16.9 Å². The predicted molar refractivity (Wildman–Crippen MR) is 65.8 cm³/mol. The van der Waals surface area contributed by atoms with Crippen molar-refractivity contribution in [2.24, 2.45) is 7.05 Å². The second kappa shape index (κ2) is 4.80. The lowest BCUT2D eigenvalue weighted by Gasteiger charge is -2.26. The van der Waals surface area contributed by atoms with Crippen molar-refractivity contribution in [2.45, 2.75) is 12.0 Å². The largest absolute Gasteiger partial charge is 0.394 e. The fourth-order valence-electron chi connectivity index (χ4n) is 1.92. The van der Waals surface area contributed by atoms with E-state index in [1.54, 1.807) is 17.7 Å². The number of carbonyl (C=O) groups excluding carboxylic acids is 1. The third kappa shape index (κ3) is 2.53. The van der Waals surface area contributed by atoms with Gasteiger partial charge in [0.15, 0.2) is 0 Å². The Balaban J connectivity index is 2.13. The van der Waals surface area contributed by atoms with Crippen LogP contribution in [-0.4, -0.2) is 40.9 Å². The number of aryl methyl sites for hydroxylation is 1. The highest BCUT2D eigenvalue weighted by Gasteiger charge is 2.36. The minimum absolute atomic E-state index is 0.107. The van der Waals surface area contributed by atoms with Crippen LogP contribution in [0.15, 0.2) is 16.7 Å². The zero-order valence-electron chi connectivity index (χ0n) is 9.57. The van der Waals surface area contributed by atoms with E-state index < -0.39 is 5.54 Å². The van der Waals surface area contributed by atoms with Crippen LogP contribution in [0.3, 0.4) is 0 Å². The number of halogens is 1. The molecule has 1 fully saturated rings. The summed E-state index contributed by atoms with van der Waals surface area (Å²) in [5.41, 5.74) is -0.0787. The standard InChI is InChI=1S/C11H15BrN2O3/c1-14-5-8(12)4-9(14)10(16)13-11(6-15)2-3-17-7-11/h4-5,15H,2-3,6-7H2,1H3,(H,13,16). The van der Waals surface area contributed by atoms with Crippen molar-refractivity contribution in [1.29, 1.82) is 0 Å². The van der Waals surface area contributed by atoms with Crippen molar-refractivity contribution >= 4 is 21.8 Å². The lowest BCUT2D eigenvalue weighted by atomic mass is 10.00. The molecule has 1 aliphatic heterocycles. The molecule has 0 aliphatic carbocycles. The molecule has 1 amide bonds. The van der Waals surface area contributed by atoms with Gasteiger partial charge in [0, 0.05) is 24.3 Å². The summed E-state index contributed by atoms with van der Waals surface area (Å²) in [7, 11) is 1.80. The summed E-state index contributed by atoms with van der Waals surface area (Å²) in [6.07, 6.45) is 2.45. The number of rotatable bonds is 3. The molecule has 1 aromatic rings. The number of hydrogen-bond donors (Lipinski definition) is 2. The van der Waals surface area contributed by atoms with Gasteiger partial charge in [-0.2, -0.15) is 0 Å². The summed E-state index contributed by atoms with van der Waals surface area (Å²) in [4.78, 5) is 12.1. The number of nitrogens with one attached hydrogen (secondary N) is 1. The molecule has 0 spiro atoms. The zero-order chi connectivity index (χ0) is 12.5. The number of aliphatic hydroxyl groups excluding tert-OH is 1. The van der Waals surface area contributed by atoms with Gasteiger partial charge in [-0.05, 0) is 28.4 Å². The maximum Gasteiger partial charge on any atom is 0.268 e. The van der Waals surface area contributed by atoms with E-state index in [0.29, 0.717) is 25.3 Å². The van der Waals surface area contributed by atoms with Crippen LogP contribution in [0.2, 0.25) is 0 Å². The van der Waals surface area contributed by atoms with Crippen LogP contribution in [-0.2, 0) is 11.8 Å². The first-order chi connectivity index (χ1) is 8.06. The number of hydrogen-bond acceptors (Lipinski definition) is 3. The predicted octanol–water partition coefficient (Wildman–Crippen LogP) is 0.669. The highest BCUT2D eigenvalue weighted by atomic mass is 79.9. The summed E-state index contributed by atoms with van der Waals surface area (Å²) in [6, 6.07) is 1.75. The van der Waals surface area contributed by atoms with E-state index in [1.165, 1.54) is 0 Å². The molecular formula is C11H15BrN2O3. The van der Waals surface area contributed by atoms with Crippen LogP contribution in [0.25, 0.3) is 0 Å². The molecule has 0 saturated carbocycles. The van der Waals surface area contributed by atoms with Crippen molar-refractivity contribution in [3.05, 3.63) is 22.4 Å². The molecule has 5 nitrogen and oxygen atoms in total. The molecule has 6 heteroatoms. The summed E-state index contributed by atoms with van der Waals surface area (Å²) in [5, 5.41) is 12.2. The molecular weight excluding hydrogens is 288 g/mol. The second-order valence-corrected chi connectivity index (χ2v) is 5.27. The Kier molecular flexibility index (Phi) is 3.56. The molecule has 0 radical (unpaired) electrons. The average molecular weight is 303 g/mol. The van der Waals surface area contributed by atoms with Gasteiger partial charge in [-0.25, -0.2) is 0 Å². The molecule has 1 aliphatic rings. The number of nitrogens with zero attached hydrogens (tertiary/aromatic N) is 1. The molecule has 2 rings (SSSR count). The molecule has 17 heavy (non-hydrogen) atoms. The first kappa shape index (κ1) is 12.6. The Morgan fingerprint density at radius 2 is 2.53 bits per heavy atom. The summed E-state index contributed by atoms with van der Waals surface area (Å²) < 4.78 is 7.82. The van der Waals surface area contributed by atoms with E-state index in [1.807, 2.05) is 6.20 Å². The van der Waals surface area contributed by atoms with Gasteiger partial charge in [-0.3, -0.25) is 4.79 Å². The fraction of sp³-hybridized carbons (Fsp3) is 0.545. The van der Waals surface area contributed by atoms with Gasteiger partial charge >= 0.3 is 0 Å². The van der Waals surface area contributed by atoms with Crippen molar-refractivity contribution in [2.75, 3.05) is 19.8 Å². The van der Waals surface area contributed by atoms with Crippen LogP contribution in [0.5, 0.6) is 0 Å². The topological polar surface area (TPSA) is 63.5 Å². The maximum atomic E-state index is 12.1. The summed E-state index contributed by atoms with van der Waals surface area (Å²) >= 11 is 3.32. The van der Waals surface area contributed by atoms with Gasteiger partial charge in [0.2, 0.25) is 0 Å². The number of carbonyl (C=O) groups is 1. The number of aliphatic hydroxyl groups is 1. The van der Waals surface area contributed by atoms with Crippen LogP contribution in [0, 0.1) is 0 Å². The normalized spacial score (nSPS) is 23.9. The molecule has 94 valence electrons. The Bertz CT molecular complexity index is 424. The highest BCUT2D eigenvalue weighted by molar-refractivity contribution is 9.10. The van der Waals surface area contributed by atoms with E-state index in [-0.39, 0.29) is 12.5 Å². The number of ether oxygens (including phenoxy) is 1. The summed E-state index contributed by atoms with van der Waals surface area (Å²) in [6.45, 7) is 0.822. The van der Waals surface area contributed by atoms with Crippen molar-refractivity contribution in [3.63, 3.8) is 0 Å². The lowest BCUT2D eigenvalue weighted by molar-refractivity contribution is 0.0782. The molecule has 2 heterocycles. The van der Waals surface area contributed by atoms with E-state index in [4.69, 9.17) is 4.74 Å². The Morgan fingerprint density at radius 1 is 1.76 bits per heavy atom. The maximum absolute atomic E-state index is 12.1. The third-order valence-electron chi connectivity index (χ3n) is 2.99. The minimum atomic E-state index is -0.631. The van der Waals surface area contributed by atoms with Crippen molar-refractivity contribution < 1.29 is 14.6 Å². The Labute approximate surface area is 108 Å². The Morgan fingerprint density at radius 3 is 3.00 bits per heavy atom. The number of aromatic nitrogens is 1. The highest BCUT2D eigenvalue weighted by Crippen LogP contribution is 2.20. The van der Waals surface area contributed by atoms with E-state index >= 15 is 0 Å². The van der Waals surface area contributed by atoms with Gasteiger partial charge < -0.3 is 19.7 Å². The molecule has 0 bridgehead atoms. The Hall–Kier alpha value is -0.850. The fourth-order valence-corrected chi connectivity index (χ4v) is 2.45. The average Bonchev–Trinajstić information content (AvgIpc) is 2.86. The SMILES string of the molecule is Cn1cc(Br)cc1C(=O)NC1(CO)CCOC1. The van der Waals surface area contributed by atoms with Crippen LogP contribution < -0.4 is 5.32 Å². The molecule has 1 saturated heterocycles.